The van der Waals surface area contributed by atoms with E-state index in [-0.39, 0.29) is 0 Å². The first-order valence-corrected chi connectivity index (χ1v) is 6.00. The summed E-state index contributed by atoms with van der Waals surface area (Å²) in [5.74, 6) is 0.966. The van der Waals surface area contributed by atoms with E-state index in [2.05, 4.69) is 26.3 Å². The maximum Gasteiger partial charge on any atom is 0.128 e. The van der Waals surface area contributed by atoms with Gasteiger partial charge in [-0.1, -0.05) is 6.07 Å². The van der Waals surface area contributed by atoms with Crippen molar-refractivity contribution in [2.45, 2.75) is 13.1 Å². The van der Waals surface area contributed by atoms with Crippen molar-refractivity contribution in [3.8, 4) is 0 Å². The van der Waals surface area contributed by atoms with Crippen molar-refractivity contribution in [3.05, 3.63) is 54.0 Å². The highest BCUT2D eigenvalue weighted by atomic mass is 15.2. The molecule has 0 aliphatic rings. The molecule has 0 radical (unpaired) electrons. The highest BCUT2D eigenvalue weighted by Crippen LogP contribution is 2.13. The van der Waals surface area contributed by atoms with E-state index >= 15 is 0 Å². The minimum atomic E-state index is 0.761. The zero-order chi connectivity index (χ0) is 12.8. The Morgan fingerprint density at radius 3 is 2.78 bits per heavy atom. The molecule has 2 rings (SSSR count). The topological polar surface area (TPSA) is 41.1 Å². The van der Waals surface area contributed by atoms with Crippen LogP contribution in [0, 0.1) is 0 Å². The van der Waals surface area contributed by atoms with Crippen LogP contribution in [0.15, 0.2) is 42.7 Å². The van der Waals surface area contributed by atoms with Gasteiger partial charge in [0.25, 0.3) is 0 Å². The van der Waals surface area contributed by atoms with E-state index in [1.165, 1.54) is 5.56 Å². The Kier molecular flexibility index (Phi) is 4.25. The number of rotatable bonds is 5. The molecule has 0 saturated carbocycles. The maximum absolute atomic E-state index is 4.39. The van der Waals surface area contributed by atoms with E-state index in [0.717, 1.165) is 24.6 Å². The van der Waals surface area contributed by atoms with Gasteiger partial charge in [0, 0.05) is 26.0 Å². The van der Waals surface area contributed by atoms with Gasteiger partial charge in [0.05, 0.1) is 12.2 Å². The van der Waals surface area contributed by atoms with Gasteiger partial charge >= 0.3 is 0 Å². The molecule has 94 valence electrons. The van der Waals surface area contributed by atoms with E-state index in [4.69, 9.17) is 0 Å². The second-order valence-corrected chi connectivity index (χ2v) is 4.23. The van der Waals surface area contributed by atoms with Gasteiger partial charge in [-0.2, -0.15) is 0 Å². The molecule has 0 saturated heterocycles. The monoisotopic (exact) mass is 242 g/mol. The highest BCUT2D eigenvalue weighted by molar-refractivity contribution is 5.40. The van der Waals surface area contributed by atoms with Crippen molar-refractivity contribution in [2.24, 2.45) is 0 Å². The Bertz CT molecular complexity index is 484. The summed E-state index contributed by atoms with van der Waals surface area (Å²) in [6, 6.07) is 10.1. The van der Waals surface area contributed by atoms with E-state index in [1.807, 2.05) is 50.8 Å². The lowest BCUT2D eigenvalue weighted by atomic mass is 10.2. The van der Waals surface area contributed by atoms with Crippen molar-refractivity contribution in [3.63, 3.8) is 0 Å². The van der Waals surface area contributed by atoms with Crippen LogP contribution < -0.4 is 10.2 Å². The van der Waals surface area contributed by atoms with Crippen molar-refractivity contribution < 1.29 is 0 Å². The van der Waals surface area contributed by atoms with Crippen LogP contribution in [0.5, 0.6) is 0 Å². The number of nitrogens with zero attached hydrogens (tertiary/aromatic N) is 3. The lowest BCUT2D eigenvalue weighted by molar-refractivity contribution is 0.809. The van der Waals surface area contributed by atoms with Crippen molar-refractivity contribution >= 4 is 5.82 Å². The Morgan fingerprint density at radius 1 is 1.17 bits per heavy atom. The number of hydrogen-bond acceptors (Lipinski definition) is 4. The Hall–Kier alpha value is -1.94. The van der Waals surface area contributed by atoms with Gasteiger partial charge in [0.2, 0.25) is 0 Å². The van der Waals surface area contributed by atoms with Gasteiger partial charge in [0.15, 0.2) is 0 Å². The Morgan fingerprint density at radius 2 is 2.06 bits per heavy atom. The van der Waals surface area contributed by atoms with E-state index in [9.17, 15) is 0 Å². The highest BCUT2D eigenvalue weighted by Gasteiger charge is 2.04. The van der Waals surface area contributed by atoms with Crippen LogP contribution in [0.1, 0.15) is 11.3 Å². The van der Waals surface area contributed by atoms with E-state index in [1.54, 1.807) is 0 Å². The standard InChI is InChI=1S/C14H18N4/c1-15-10-12-6-8-17-14(9-12)18(2)11-13-5-3-4-7-16-13/h3-9,15H,10-11H2,1-2H3. The molecule has 0 atom stereocenters. The summed E-state index contributed by atoms with van der Waals surface area (Å²) in [6.07, 6.45) is 3.66. The number of aromatic nitrogens is 2. The first-order valence-electron chi connectivity index (χ1n) is 6.00. The van der Waals surface area contributed by atoms with Crippen LogP contribution in [0.25, 0.3) is 0 Å². The van der Waals surface area contributed by atoms with Crippen molar-refractivity contribution in [1.82, 2.24) is 15.3 Å². The summed E-state index contributed by atoms with van der Waals surface area (Å²) >= 11 is 0. The van der Waals surface area contributed by atoms with Crippen LogP contribution in [0.3, 0.4) is 0 Å². The quantitative estimate of drug-likeness (QED) is 0.868. The van der Waals surface area contributed by atoms with E-state index in [0.29, 0.717) is 0 Å². The molecule has 0 fully saturated rings. The van der Waals surface area contributed by atoms with Gasteiger partial charge in [0.1, 0.15) is 5.82 Å². The van der Waals surface area contributed by atoms with Crippen LogP contribution >= 0.6 is 0 Å². The minimum absolute atomic E-state index is 0.761. The molecule has 0 spiro atoms. The first kappa shape index (κ1) is 12.5. The van der Waals surface area contributed by atoms with Gasteiger partial charge < -0.3 is 10.2 Å². The lowest BCUT2D eigenvalue weighted by Crippen LogP contribution is -2.18. The Balaban J connectivity index is 2.08. The predicted molar refractivity (Wildman–Crippen MR) is 73.3 cm³/mol. The Labute approximate surface area is 108 Å². The summed E-state index contributed by atoms with van der Waals surface area (Å²) in [4.78, 5) is 10.8. The van der Waals surface area contributed by atoms with Crippen LogP contribution in [0.2, 0.25) is 0 Å². The molecule has 4 heteroatoms. The van der Waals surface area contributed by atoms with Crippen LogP contribution in [0.4, 0.5) is 5.82 Å². The van der Waals surface area contributed by atoms with Gasteiger partial charge in [-0.25, -0.2) is 4.98 Å². The molecule has 1 N–H and O–H groups in total. The van der Waals surface area contributed by atoms with Crippen molar-refractivity contribution in [2.75, 3.05) is 19.0 Å². The van der Waals surface area contributed by atoms with E-state index < -0.39 is 0 Å². The molecule has 0 aliphatic heterocycles. The minimum Gasteiger partial charge on any atom is -0.354 e. The third kappa shape index (κ3) is 3.28. The second kappa shape index (κ2) is 6.12. The van der Waals surface area contributed by atoms with Gasteiger partial charge in [-0.3, -0.25) is 4.98 Å². The van der Waals surface area contributed by atoms with Crippen LogP contribution in [-0.2, 0) is 13.1 Å². The zero-order valence-corrected chi connectivity index (χ0v) is 10.8. The first-order chi connectivity index (χ1) is 8.79. The average Bonchev–Trinajstić information content (AvgIpc) is 2.40. The smallest absolute Gasteiger partial charge is 0.128 e. The summed E-state index contributed by atoms with van der Waals surface area (Å²) in [5, 5.41) is 3.14. The molecule has 2 heterocycles. The SMILES string of the molecule is CNCc1ccnc(N(C)Cc2ccccn2)c1. The molecule has 0 amide bonds. The van der Waals surface area contributed by atoms with Crippen LogP contribution in [-0.4, -0.2) is 24.1 Å². The predicted octanol–water partition coefficient (Wildman–Crippen LogP) is 1.83. The zero-order valence-electron chi connectivity index (χ0n) is 10.8. The third-order valence-corrected chi connectivity index (χ3v) is 2.71. The number of pyridine rings is 2. The summed E-state index contributed by atoms with van der Waals surface area (Å²) in [5.41, 5.74) is 2.27. The molecule has 0 aromatic carbocycles. The fourth-order valence-electron chi connectivity index (χ4n) is 1.80. The average molecular weight is 242 g/mol. The van der Waals surface area contributed by atoms with Gasteiger partial charge in [-0.05, 0) is 36.9 Å². The molecular weight excluding hydrogens is 224 g/mol. The molecule has 0 bridgehead atoms. The molecule has 0 unspecified atom stereocenters. The molecule has 4 nitrogen and oxygen atoms in total. The number of hydrogen-bond donors (Lipinski definition) is 1. The fourth-order valence-corrected chi connectivity index (χ4v) is 1.80. The second-order valence-electron chi connectivity index (χ2n) is 4.23. The summed E-state index contributed by atoms with van der Waals surface area (Å²) in [7, 11) is 3.97. The largest absolute Gasteiger partial charge is 0.354 e. The van der Waals surface area contributed by atoms with Crippen molar-refractivity contribution in [1.29, 1.82) is 0 Å². The fraction of sp³-hybridized carbons (Fsp3) is 0.286. The number of anilines is 1. The van der Waals surface area contributed by atoms with Gasteiger partial charge in [-0.15, -0.1) is 0 Å². The maximum atomic E-state index is 4.39. The lowest BCUT2D eigenvalue weighted by Gasteiger charge is -2.18. The normalized spacial score (nSPS) is 10.3. The molecule has 0 aliphatic carbocycles. The number of nitrogens with one attached hydrogen (secondary N) is 1. The third-order valence-electron chi connectivity index (χ3n) is 2.71. The summed E-state index contributed by atoms with van der Waals surface area (Å²) < 4.78 is 0. The molecule has 2 aromatic heterocycles. The molecular formula is C14H18N4. The summed E-state index contributed by atoms with van der Waals surface area (Å²) in [6.45, 7) is 1.61. The molecule has 2 aromatic rings. The molecule has 18 heavy (non-hydrogen) atoms.